The lowest BCUT2D eigenvalue weighted by Crippen LogP contribution is -2.11. The number of carbonyl (C=O) groups is 1. The minimum absolute atomic E-state index is 0.0485. The van der Waals surface area contributed by atoms with Gasteiger partial charge in [0.25, 0.3) is 10.0 Å². The van der Waals surface area contributed by atoms with Crippen LogP contribution in [0.15, 0.2) is 62.4 Å². The second-order valence-electron chi connectivity index (χ2n) is 3.95. The van der Waals surface area contributed by atoms with Gasteiger partial charge < -0.3 is 0 Å². The van der Waals surface area contributed by atoms with Crippen molar-refractivity contribution in [1.82, 2.24) is 0 Å². The molecule has 0 atom stereocenters. The summed E-state index contributed by atoms with van der Waals surface area (Å²) in [4.78, 5) is 11.4. The van der Waals surface area contributed by atoms with E-state index in [0.29, 0.717) is 5.57 Å². The first kappa shape index (κ1) is 13.7. The number of allylic oxidation sites excluding steroid dienone is 4. The predicted molar refractivity (Wildman–Crippen MR) is 73.8 cm³/mol. The van der Waals surface area contributed by atoms with Crippen molar-refractivity contribution >= 4 is 33.1 Å². The molecule has 1 aromatic carbocycles. The topological polar surface area (TPSA) is 63.6 Å². The summed E-state index contributed by atoms with van der Waals surface area (Å²) in [5.74, 6) is -0.352. The smallest absolute Gasteiger partial charge is 0.282 e. The number of hydrogen-bond donors (Lipinski definition) is 0. The molecule has 0 aromatic heterocycles. The minimum atomic E-state index is -3.80. The van der Waals surface area contributed by atoms with Crippen molar-refractivity contribution in [3.63, 3.8) is 0 Å². The summed E-state index contributed by atoms with van der Waals surface area (Å²) >= 11 is 5.69. The maximum Gasteiger partial charge on any atom is 0.282 e. The Morgan fingerprint density at radius 3 is 2.37 bits per heavy atom. The number of rotatable bonds is 2. The highest BCUT2D eigenvalue weighted by Gasteiger charge is 2.18. The van der Waals surface area contributed by atoms with Crippen molar-refractivity contribution in [2.24, 2.45) is 4.40 Å². The minimum Gasteiger partial charge on any atom is -0.288 e. The molecule has 0 bridgehead atoms. The van der Waals surface area contributed by atoms with Crippen molar-refractivity contribution < 1.29 is 13.2 Å². The lowest BCUT2D eigenvalue weighted by molar-refractivity contribution is -0.110. The van der Waals surface area contributed by atoms with E-state index in [0.717, 1.165) is 0 Å². The molecule has 98 valence electrons. The van der Waals surface area contributed by atoms with E-state index in [2.05, 4.69) is 4.40 Å². The summed E-state index contributed by atoms with van der Waals surface area (Å²) in [6.45, 7) is 1.61. The number of hydrogen-bond acceptors (Lipinski definition) is 3. The van der Waals surface area contributed by atoms with Gasteiger partial charge in [-0.15, -0.1) is 0 Å². The fraction of sp³-hybridized carbons (Fsp3) is 0.0769. The maximum atomic E-state index is 12.1. The summed E-state index contributed by atoms with van der Waals surface area (Å²) in [7, 11) is -3.80. The van der Waals surface area contributed by atoms with E-state index in [1.165, 1.54) is 24.3 Å². The van der Waals surface area contributed by atoms with Crippen LogP contribution in [0.5, 0.6) is 0 Å². The van der Waals surface area contributed by atoms with Crippen LogP contribution in [0, 0.1) is 0 Å². The van der Waals surface area contributed by atoms with Gasteiger partial charge in [-0.3, -0.25) is 4.79 Å². The van der Waals surface area contributed by atoms with Crippen molar-refractivity contribution in [1.29, 1.82) is 0 Å². The molecule has 1 aliphatic carbocycles. The van der Waals surface area contributed by atoms with Gasteiger partial charge in [0.1, 0.15) is 0 Å². The first-order chi connectivity index (χ1) is 8.90. The molecule has 1 aromatic rings. The van der Waals surface area contributed by atoms with E-state index in [9.17, 15) is 13.2 Å². The summed E-state index contributed by atoms with van der Waals surface area (Å²) in [6, 6.07) is 7.86. The van der Waals surface area contributed by atoms with Gasteiger partial charge in [-0.1, -0.05) is 29.8 Å². The standard InChI is InChI=1S/C13H10ClNO3S/c1-9-7-13(16)11(14)8-12(9)15-19(17,18)10-5-3-2-4-6-10/h2-8H,1H3. The van der Waals surface area contributed by atoms with Gasteiger partial charge in [0.05, 0.1) is 15.6 Å². The molecule has 0 heterocycles. The van der Waals surface area contributed by atoms with Crippen LogP contribution in [0.4, 0.5) is 0 Å². The molecule has 0 radical (unpaired) electrons. The molecule has 0 aliphatic heterocycles. The second kappa shape index (κ2) is 5.11. The second-order valence-corrected chi connectivity index (χ2v) is 5.96. The summed E-state index contributed by atoms with van der Waals surface area (Å²) in [5.41, 5.74) is 0.641. The molecular weight excluding hydrogens is 286 g/mol. The molecule has 0 fully saturated rings. The third-order valence-electron chi connectivity index (χ3n) is 2.51. The van der Waals surface area contributed by atoms with Gasteiger partial charge in [-0.2, -0.15) is 12.8 Å². The molecule has 0 amide bonds. The Kier molecular flexibility index (Phi) is 3.68. The Labute approximate surface area is 116 Å². The molecular formula is C13H10ClNO3S. The van der Waals surface area contributed by atoms with Crippen LogP contribution >= 0.6 is 11.6 Å². The molecule has 6 heteroatoms. The highest BCUT2D eigenvalue weighted by atomic mass is 35.5. The normalized spacial score (nSPS) is 18.2. The highest BCUT2D eigenvalue weighted by molar-refractivity contribution is 7.90. The van der Waals surface area contributed by atoms with Crippen molar-refractivity contribution in [3.8, 4) is 0 Å². The number of nitrogens with zero attached hydrogens (tertiary/aromatic N) is 1. The van der Waals surface area contributed by atoms with Gasteiger partial charge in [-0.05, 0) is 36.8 Å². The largest absolute Gasteiger partial charge is 0.288 e. The fourth-order valence-electron chi connectivity index (χ4n) is 1.52. The van der Waals surface area contributed by atoms with E-state index in [-0.39, 0.29) is 21.4 Å². The van der Waals surface area contributed by atoms with E-state index in [1.807, 2.05) is 0 Å². The maximum absolute atomic E-state index is 12.1. The van der Waals surface area contributed by atoms with Crippen LogP contribution in [0.2, 0.25) is 0 Å². The lowest BCUT2D eigenvalue weighted by atomic mass is 10.1. The number of carbonyl (C=O) groups excluding carboxylic acids is 1. The van der Waals surface area contributed by atoms with Crippen LogP contribution in [-0.4, -0.2) is 19.9 Å². The van der Waals surface area contributed by atoms with Crippen LogP contribution in [0.3, 0.4) is 0 Å². The van der Waals surface area contributed by atoms with E-state index >= 15 is 0 Å². The molecule has 19 heavy (non-hydrogen) atoms. The molecule has 4 nitrogen and oxygen atoms in total. The Morgan fingerprint density at radius 2 is 1.74 bits per heavy atom. The average Bonchev–Trinajstić information content (AvgIpc) is 2.37. The predicted octanol–water partition coefficient (Wildman–Crippen LogP) is 2.47. The van der Waals surface area contributed by atoms with Gasteiger partial charge in [0.2, 0.25) is 0 Å². The van der Waals surface area contributed by atoms with Gasteiger partial charge in [0, 0.05) is 0 Å². The van der Waals surface area contributed by atoms with Crippen molar-refractivity contribution in [2.75, 3.05) is 0 Å². The summed E-state index contributed by atoms with van der Waals surface area (Å²) in [6.07, 6.45) is 2.53. The number of halogens is 1. The molecule has 2 rings (SSSR count). The fourth-order valence-corrected chi connectivity index (χ4v) is 2.74. The molecule has 0 unspecified atom stereocenters. The summed E-state index contributed by atoms with van der Waals surface area (Å²) in [5, 5.41) is -0.0485. The monoisotopic (exact) mass is 295 g/mol. The zero-order valence-corrected chi connectivity index (χ0v) is 11.6. The van der Waals surface area contributed by atoms with Crippen LogP contribution in [0.25, 0.3) is 0 Å². The van der Waals surface area contributed by atoms with Crippen molar-refractivity contribution in [2.45, 2.75) is 11.8 Å². The number of benzene rings is 1. The Bertz CT molecular complexity index is 716. The zero-order valence-electron chi connectivity index (χ0n) is 10.00. The molecule has 1 aliphatic rings. The van der Waals surface area contributed by atoms with E-state index < -0.39 is 10.0 Å². The quantitative estimate of drug-likeness (QED) is 0.787. The summed E-state index contributed by atoms with van der Waals surface area (Å²) < 4.78 is 27.8. The number of sulfonamides is 1. The van der Waals surface area contributed by atoms with Crippen LogP contribution in [0.1, 0.15) is 6.92 Å². The first-order valence-electron chi connectivity index (χ1n) is 5.40. The third-order valence-corrected chi connectivity index (χ3v) is 4.11. The highest BCUT2D eigenvalue weighted by Crippen LogP contribution is 2.19. The Hall–Kier alpha value is -1.72. The Balaban J connectivity index is 2.48. The lowest BCUT2D eigenvalue weighted by Gasteiger charge is -2.08. The SMILES string of the molecule is CC1=CC(=O)C(Cl)=CC1=NS(=O)(=O)c1ccccc1. The van der Waals surface area contributed by atoms with Gasteiger partial charge >= 0.3 is 0 Å². The van der Waals surface area contributed by atoms with Crippen LogP contribution in [-0.2, 0) is 14.8 Å². The molecule has 0 saturated carbocycles. The Morgan fingerprint density at radius 1 is 1.11 bits per heavy atom. The zero-order chi connectivity index (χ0) is 14.0. The number of ketones is 1. The molecule has 0 N–H and O–H groups in total. The van der Waals surface area contributed by atoms with Gasteiger partial charge in [-0.25, -0.2) is 0 Å². The van der Waals surface area contributed by atoms with Gasteiger partial charge in [0.15, 0.2) is 5.78 Å². The van der Waals surface area contributed by atoms with E-state index in [4.69, 9.17) is 11.6 Å². The average molecular weight is 296 g/mol. The van der Waals surface area contributed by atoms with Crippen molar-refractivity contribution in [3.05, 3.63) is 53.1 Å². The molecule has 0 saturated heterocycles. The van der Waals surface area contributed by atoms with Crippen LogP contribution < -0.4 is 0 Å². The molecule has 0 spiro atoms. The van der Waals surface area contributed by atoms with E-state index in [1.54, 1.807) is 25.1 Å². The first-order valence-corrected chi connectivity index (χ1v) is 7.22. The third kappa shape index (κ3) is 3.00.